The first kappa shape index (κ1) is 13.1. The molecule has 5 heteroatoms. The number of aliphatic hydroxyl groups excluding tert-OH is 1. The monoisotopic (exact) mass is 281 g/mol. The van der Waals surface area contributed by atoms with Crippen LogP contribution in [0.3, 0.4) is 0 Å². The standard InChI is InChI=1S/C14H20ClN3O/c1-9-12(15)16-13(10-4-5-10)17-14(9)18-7-2-3-11(18)6-8-19/h10-11,19H,2-8H2,1H3. The molecule has 1 unspecified atom stereocenters. The first-order chi connectivity index (χ1) is 9.20. The number of nitrogens with zero attached hydrogens (tertiary/aromatic N) is 3. The second kappa shape index (κ2) is 5.25. The third-order valence-corrected chi connectivity index (χ3v) is 4.50. The van der Waals surface area contributed by atoms with E-state index in [1.54, 1.807) is 0 Å². The van der Waals surface area contributed by atoms with E-state index in [2.05, 4.69) is 9.88 Å². The van der Waals surface area contributed by atoms with Crippen LogP contribution in [0, 0.1) is 6.92 Å². The van der Waals surface area contributed by atoms with Crippen molar-refractivity contribution in [2.45, 2.75) is 51.0 Å². The minimum absolute atomic E-state index is 0.231. The number of hydrogen-bond acceptors (Lipinski definition) is 4. The van der Waals surface area contributed by atoms with Crippen LogP contribution in [0.1, 0.15) is 49.4 Å². The maximum Gasteiger partial charge on any atom is 0.137 e. The Balaban J connectivity index is 1.93. The van der Waals surface area contributed by atoms with Crippen LogP contribution in [0.25, 0.3) is 0 Å². The summed E-state index contributed by atoms with van der Waals surface area (Å²) in [7, 11) is 0. The summed E-state index contributed by atoms with van der Waals surface area (Å²) in [6.07, 6.45) is 5.45. The Morgan fingerprint density at radius 3 is 2.79 bits per heavy atom. The van der Waals surface area contributed by atoms with Crippen molar-refractivity contribution in [1.29, 1.82) is 0 Å². The van der Waals surface area contributed by atoms with Crippen LogP contribution in [-0.4, -0.2) is 34.3 Å². The minimum Gasteiger partial charge on any atom is -0.396 e. The van der Waals surface area contributed by atoms with Gasteiger partial charge >= 0.3 is 0 Å². The molecule has 1 aliphatic heterocycles. The predicted molar refractivity (Wildman–Crippen MR) is 75.8 cm³/mol. The van der Waals surface area contributed by atoms with E-state index < -0.39 is 0 Å². The smallest absolute Gasteiger partial charge is 0.137 e. The Hall–Kier alpha value is -0.870. The molecule has 1 aromatic rings. The topological polar surface area (TPSA) is 49.2 Å². The number of halogens is 1. The largest absolute Gasteiger partial charge is 0.396 e. The summed E-state index contributed by atoms with van der Waals surface area (Å²) >= 11 is 6.27. The number of aliphatic hydroxyl groups is 1. The van der Waals surface area contributed by atoms with Crippen molar-refractivity contribution >= 4 is 17.4 Å². The number of rotatable bonds is 4. The highest BCUT2D eigenvalue weighted by Crippen LogP contribution is 2.40. The lowest BCUT2D eigenvalue weighted by Gasteiger charge is -2.27. The average Bonchev–Trinajstić information content (AvgIpc) is 3.14. The molecule has 0 spiro atoms. The number of hydrogen-bond donors (Lipinski definition) is 1. The fraction of sp³-hybridized carbons (Fsp3) is 0.714. The van der Waals surface area contributed by atoms with Gasteiger partial charge in [0.2, 0.25) is 0 Å². The molecule has 0 aromatic carbocycles. The highest BCUT2D eigenvalue weighted by Gasteiger charge is 2.31. The SMILES string of the molecule is Cc1c(Cl)nc(C2CC2)nc1N1CCCC1CCO. The first-order valence-electron chi connectivity index (χ1n) is 7.12. The molecule has 2 fully saturated rings. The fourth-order valence-corrected chi connectivity index (χ4v) is 3.03. The Labute approximate surface area is 118 Å². The van der Waals surface area contributed by atoms with E-state index in [0.29, 0.717) is 17.1 Å². The maximum absolute atomic E-state index is 9.18. The Morgan fingerprint density at radius 1 is 1.32 bits per heavy atom. The van der Waals surface area contributed by atoms with E-state index in [4.69, 9.17) is 16.6 Å². The van der Waals surface area contributed by atoms with Gasteiger partial charge in [0.15, 0.2) is 0 Å². The van der Waals surface area contributed by atoms with Crippen molar-refractivity contribution in [2.24, 2.45) is 0 Å². The van der Waals surface area contributed by atoms with Crippen LogP contribution in [0.2, 0.25) is 5.15 Å². The number of anilines is 1. The van der Waals surface area contributed by atoms with Crippen molar-refractivity contribution in [3.8, 4) is 0 Å². The molecule has 0 bridgehead atoms. The fourth-order valence-electron chi connectivity index (χ4n) is 2.86. The van der Waals surface area contributed by atoms with Gasteiger partial charge in [-0.05, 0) is 39.0 Å². The molecule has 0 radical (unpaired) electrons. The molecule has 1 saturated heterocycles. The lowest BCUT2D eigenvalue weighted by atomic mass is 10.1. The summed E-state index contributed by atoms with van der Waals surface area (Å²) in [6.45, 7) is 3.22. The second-order valence-corrected chi connectivity index (χ2v) is 5.96. The van der Waals surface area contributed by atoms with Crippen LogP contribution < -0.4 is 4.90 Å². The summed E-state index contributed by atoms with van der Waals surface area (Å²) in [5.41, 5.74) is 0.968. The average molecular weight is 282 g/mol. The summed E-state index contributed by atoms with van der Waals surface area (Å²) < 4.78 is 0. The number of aromatic nitrogens is 2. The van der Waals surface area contributed by atoms with Crippen LogP contribution in [0.4, 0.5) is 5.82 Å². The minimum atomic E-state index is 0.231. The van der Waals surface area contributed by atoms with Gasteiger partial charge < -0.3 is 10.0 Å². The van der Waals surface area contributed by atoms with Gasteiger partial charge in [0, 0.05) is 30.7 Å². The lowest BCUT2D eigenvalue weighted by molar-refractivity contribution is 0.275. The summed E-state index contributed by atoms with van der Waals surface area (Å²) in [5.74, 6) is 2.40. The zero-order chi connectivity index (χ0) is 13.4. The van der Waals surface area contributed by atoms with Crippen LogP contribution >= 0.6 is 11.6 Å². The van der Waals surface area contributed by atoms with Crippen molar-refractivity contribution < 1.29 is 5.11 Å². The van der Waals surface area contributed by atoms with Gasteiger partial charge in [0.05, 0.1) is 0 Å². The molecule has 1 N–H and O–H groups in total. The van der Waals surface area contributed by atoms with Crippen LogP contribution in [0.15, 0.2) is 0 Å². The third kappa shape index (κ3) is 2.56. The molecule has 1 saturated carbocycles. The van der Waals surface area contributed by atoms with Crippen molar-refractivity contribution in [2.75, 3.05) is 18.1 Å². The molecule has 3 rings (SSSR count). The van der Waals surface area contributed by atoms with Gasteiger partial charge in [-0.2, -0.15) is 0 Å². The highest BCUT2D eigenvalue weighted by atomic mass is 35.5. The summed E-state index contributed by atoms with van der Waals surface area (Å²) in [6, 6.07) is 0.390. The van der Waals surface area contributed by atoms with E-state index >= 15 is 0 Å². The molecular formula is C14H20ClN3O. The van der Waals surface area contributed by atoms with E-state index in [0.717, 1.165) is 43.0 Å². The predicted octanol–water partition coefficient (Wildman–Crippen LogP) is 2.67. The van der Waals surface area contributed by atoms with Gasteiger partial charge in [-0.25, -0.2) is 9.97 Å². The van der Waals surface area contributed by atoms with E-state index in [9.17, 15) is 5.11 Å². The third-order valence-electron chi connectivity index (χ3n) is 4.13. The zero-order valence-corrected chi connectivity index (χ0v) is 12.0. The molecule has 1 aliphatic carbocycles. The van der Waals surface area contributed by atoms with Crippen molar-refractivity contribution in [3.05, 3.63) is 16.5 Å². The second-order valence-electron chi connectivity index (χ2n) is 5.60. The van der Waals surface area contributed by atoms with E-state index in [1.165, 1.54) is 12.8 Å². The van der Waals surface area contributed by atoms with Crippen LogP contribution in [0.5, 0.6) is 0 Å². The van der Waals surface area contributed by atoms with Gasteiger partial charge in [0.25, 0.3) is 0 Å². The molecular weight excluding hydrogens is 262 g/mol. The molecule has 4 nitrogen and oxygen atoms in total. The van der Waals surface area contributed by atoms with Gasteiger partial charge in [0.1, 0.15) is 16.8 Å². The quantitative estimate of drug-likeness (QED) is 0.862. The van der Waals surface area contributed by atoms with Crippen molar-refractivity contribution in [1.82, 2.24) is 9.97 Å². The first-order valence-corrected chi connectivity index (χ1v) is 7.50. The Kier molecular flexibility index (Phi) is 3.63. The Morgan fingerprint density at radius 2 is 2.11 bits per heavy atom. The van der Waals surface area contributed by atoms with Gasteiger partial charge in [-0.1, -0.05) is 11.6 Å². The molecule has 2 aliphatic rings. The van der Waals surface area contributed by atoms with Crippen LogP contribution in [-0.2, 0) is 0 Å². The maximum atomic E-state index is 9.18. The molecule has 0 amide bonds. The Bertz CT molecular complexity index is 476. The van der Waals surface area contributed by atoms with E-state index in [-0.39, 0.29) is 6.61 Å². The molecule has 1 aromatic heterocycles. The van der Waals surface area contributed by atoms with E-state index in [1.807, 2.05) is 6.92 Å². The highest BCUT2D eigenvalue weighted by molar-refractivity contribution is 6.30. The molecule has 104 valence electrons. The normalized spacial score (nSPS) is 23.1. The van der Waals surface area contributed by atoms with Gasteiger partial charge in [-0.3, -0.25) is 0 Å². The van der Waals surface area contributed by atoms with Crippen molar-refractivity contribution in [3.63, 3.8) is 0 Å². The molecule has 19 heavy (non-hydrogen) atoms. The lowest BCUT2D eigenvalue weighted by Crippen LogP contribution is -2.31. The summed E-state index contributed by atoms with van der Waals surface area (Å²) in [4.78, 5) is 11.5. The van der Waals surface area contributed by atoms with Gasteiger partial charge in [-0.15, -0.1) is 0 Å². The zero-order valence-electron chi connectivity index (χ0n) is 11.3. The molecule has 1 atom stereocenters. The molecule has 2 heterocycles. The summed E-state index contributed by atoms with van der Waals surface area (Å²) in [5, 5.41) is 9.77.